The van der Waals surface area contributed by atoms with E-state index >= 15 is 0 Å². The molecule has 0 aromatic carbocycles. The van der Waals surface area contributed by atoms with Crippen LogP contribution >= 0.6 is 0 Å². The summed E-state index contributed by atoms with van der Waals surface area (Å²) in [5.41, 5.74) is 0. The number of aliphatic hydroxyl groups excluding tert-OH is 1. The maximum Gasteiger partial charge on any atom is 1.00 e. The van der Waals surface area contributed by atoms with Crippen LogP contribution in [0.25, 0.3) is 0 Å². The van der Waals surface area contributed by atoms with E-state index in [1.165, 1.54) is 25.7 Å². The third-order valence-corrected chi connectivity index (χ3v) is 5.20. The van der Waals surface area contributed by atoms with Gasteiger partial charge in [0.2, 0.25) is 0 Å². The second-order valence-electron chi connectivity index (χ2n) is 5.66. The van der Waals surface area contributed by atoms with E-state index in [4.69, 9.17) is 0 Å². The fourth-order valence-electron chi connectivity index (χ4n) is 2.44. The zero-order chi connectivity index (χ0) is 15.4. The molecular formula is C15H31KO4S. The van der Waals surface area contributed by atoms with Crippen LogP contribution in [0.1, 0.15) is 84.5 Å². The molecule has 0 amide bonds. The van der Waals surface area contributed by atoms with Crippen LogP contribution in [0.2, 0.25) is 0 Å². The molecule has 0 aliphatic heterocycles. The van der Waals surface area contributed by atoms with Gasteiger partial charge >= 0.3 is 51.4 Å². The molecule has 0 aliphatic rings. The predicted molar refractivity (Wildman–Crippen MR) is 81.6 cm³/mol. The Kier molecular flexibility index (Phi) is 17.8. The summed E-state index contributed by atoms with van der Waals surface area (Å²) in [6, 6.07) is 0. The summed E-state index contributed by atoms with van der Waals surface area (Å²) >= 11 is 0. The molecule has 0 saturated heterocycles. The maximum atomic E-state index is 10.9. The number of aliphatic hydroxyl groups is 1. The average Bonchev–Trinajstić information content (AvgIpc) is 2.37. The van der Waals surface area contributed by atoms with Crippen LogP contribution in [-0.2, 0) is 10.1 Å². The minimum Gasteiger partial charge on any atom is -0.748 e. The van der Waals surface area contributed by atoms with Crippen LogP contribution in [-0.4, -0.2) is 29.4 Å². The van der Waals surface area contributed by atoms with Crippen LogP contribution in [0.15, 0.2) is 0 Å². The summed E-state index contributed by atoms with van der Waals surface area (Å²) in [5.74, 6) is 0. The van der Waals surface area contributed by atoms with E-state index in [1.807, 2.05) is 0 Å². The first-order valence-electron chi connectivity index (χ1n) is 8.04. The van der Waals surface area contributed by atoms with Gasteiger partial charge in [-0.3, -0.25) is 0 Å². The van der Waals surface area contributed by atoms with Crippen molar-refractivity contribution in [1.29, 1.82) is 0 Å². The summed E-state index contributed by atoms with van der Waals surface area (Å²) in [6.45, 7) is 3.91. The molecule has 0 rings (SSSR count). The van der Waals surface area contributed by atoms with Gasteiger partial charge in [-0.2, -0.15) is 0 Å². The molecule has 0 radical (unpaired) electrons. The van der Waals surface area contributed by atoms with Gasteiger partial charge in [-0.15, -0.1) is 0 Å². The van der Waals surface area contributed by atoms with Crippen molar-refractivity contribution in [3.63, 3.8) is 0 Å². The van der Waals surface area contributed by atoms with E-state index in [0.29, 0.717) is 25.7 Å². The summed E-state index contributed by atoms with van der Waals surface area (Å²) in [7, 11) is -4.17. The molecule has 0 aromatic heterocycles. The topological polar surface area (TPSA) is 77.4 Å². The SMILES string of the molecule is CCCCCCCCC(O)CCCC(CC)S(=O)(=O)[O-].[K+]. The van der Waals surface area contributed by atoms with Crippen LogP contribution in [0, 0.1) is 0 Å². The molecular weight excluding hydrogens is 315 g/mol. The van der Waals surface area contributed by atoms with Crippen molar-refractivity contribution in [3.8, 4) is 0 Å². The van der Waals surface area contributed by atoms with Gasteiger partial charge in [0, 0.05) is 5.25 Å². The largest absolute Gasteiger partial charge is 1.00 e. The molecule has 0 aliphatic carbocycles. The van der Waals surface area contributed by atoms with Gasteiger partial charge in [-0.1, -0.05) is 52.4 Å². The third-order valence-electron chi connectivity index (χ3n) is 3.82. The smallest absolute Gasteiger partial charge is 0.748 e. The number of unbranched alkanes of at least 4 members (excludes halogenated alkanes) is 5. The number of rotatable bonds is 13. The molecule has 0 fully saturated rings. The Morgan fingerprint density at radius 1 is 0.905 bits per heavy atom. The predicted octanol–water partition coefficient (Wildman–Crippen LogP) is 0.596. The number of hydrogen-bond acceptors (Lipinski definition) is 4. The van der Waals surface area contributed by atoms with Crippen LogP contribution in [0.4, 0.5) is 0 Å². The van der Waals surface area contributed by atoms with Crippen LogP contribution < -0.4 is 51.4 Å². The molecule has 6 heteroatoms. The third kappa shape index (κ3) is 14.8. The van der Waals surface area contributed by atoms with Crippen molar-refractivity contribution < 1.29 is 69.5 Å². The van der Waals surface area contributed by atoms with E-state index < -0.39 is 15.4 Å². The molecule has 1 N–H and O–H groups in total. The van der Waals surface area contributed by atoms with E-state index in [9.17, 15) is 18.1 Å². The zero-order valence-electron chi connectivity index (χ0n) is 14.0. The second kappa shape index (κ2) is 15.1. The molecule has 2 unspecified atom stereocenters. The van der Waals surface area contributed by atoms with Crippen molar-refractivity contribution in [2.24, 2.45) is 0 Å². The molecule has 2 atom stereocenters. The normalized spacial score (nSPS) is 14.5. The van der Waals surface area contributed by atoms with Gasteiger partial charge in [-0.05, 0) is 32.1 Å². The average molecular weight is 347 g/mol. The van der Waals surface area contributed by atoms with Gasteiger partial charge in [-0.25, -0.2) is 8.42 Å². The first-order valence-corrected chi connectivity index (χ1v) is 9.51. The Bertz CT molecular complexity index is 320. The molecule has 0 heterocycles. The quantitative estimate of drug-likeness (QED) is 0.301. The van der Waals surface area contributed by atoms with Crippen molar-refractivity contribution in [3.05, 3.63) is 0 Å². The fourth-order valence-corrected chi connectivity index (χ4v) is 3.30. The molecule has 0 aromatic rings. The maximum absolute atomic E-state index is 10.9. The Morgan fingerprint density at radius 3 is 1.95 bits per heavy atom. The van der Waals surface area contributed by atoms with Crippen molar-refractivity contribution in [2.45, 2.75) is 95.8 Å². The second-order valence-corrected chi connectivity index (χ2v) is 7.32. The first kappa shape index (κ1) is 24.8. The van der Waals surface area contributed by atoms with Crippen LogP contribution in [0.3, 0.4) is 0 Å². The van der Waals surface area contributed by atoms with E-state index in [2.05, 4.69) is 6.92 Å². The summed E-state index contributed by atoms with van der Waals surface area (Å²) in [6.07, 6.45) is 9.58. The van der Waals surface area contributed by atoms with E-state index in [-0.39, 0.29) is 57.5 Å². The van der Waals surface area contributed by atoms with Gasteiger partial charge in [0.25, 0.3) is 0 Å². The van der Waals surface area contributed by atoms with E-state index in [1.54, 1.807) is 6.92 Å². The molecule has 0 saturated carbocycles. The minimum atomic E-state index is -4.17. The van der Waals surface area contributed by atoms with Crippen molar-refractivity contribution >= 4 is 10.1 Å². The monoisotopic (exact) mass is 346 g/mol. The molecule has 0 spiro atoms. The summed E-state index contributed by atoms with van der Waals surface area (Å²) in [5, 5.41) is 9.02. The minimum absolute atomic E-state index is 0. The summed E-state index contributed by atoms with van der Waals surface area (Å²) < 4.78 is 32.8. The zero-order valence-corrected chi connectivity index (χ0v) is 18.0. The molecule has 122 valence electrons. The Labute approximate surface area is 173 Å². The van der Waals surface area contributed by atoms with Gasteiger partial charge in [0.05, 0.1) is 16.2 Å². The Hall–Kier alpha value is 1.51. The molecule has 21 heavy (non-hydrogen) atoms. The van der Waals surface area contributed by atoms with Gasteiger partial charge < -0.3 is 9.66 Å². The molecule has 0 bridgehead atoms. The number of hydrogen-bond donors (Lipinski definition) is 1. The standard InChI is InChI=1S/C15H32O4S.K/c1-3-5-6-7-8-9-11-14(16)12-10-13-15(4-2)20(17,18)19;/h14-16H,3-13H2,1-2H3,(H,17,18,19);/q;+1/p-1. The van der Waals surface area contributed by atoms with Crippen LogP contribution in [0.5, 0.6) is 0 Å². The van der Waals surface area contributed by atoms with Gasteiger partial charge in [0.15, 0.2) is 0 Å². The Morgan fingerprint density at radius 2 is 1.43 bits per heavy atom. The molecule has 4 nitrogen and oxygen atoms in total. The van der Waals surface area contributed by atoms with Crippen molar-refractivity contribution in [2.75, 3.05) is 0 Å². The van der Waals surface area contributed by atoms with Crippen molar-refractivity contribution in [1.82, 2.24) is 0 Å². The fraction of sp³-hybridized carbons (Fsp3) is 1.00. The first-order chi connectivity index (χ1) is 9.41. The summed E-state index contributed by atoms with van der Waals surface area (Å²) in [4.78, 5) is 0. The van der Waals surface area contributed by atoms with E-state index in [0.717, 1.165) is 19.3 Å². The van der Waals surface area contributed by atoms with Gasteiger partial charge in [0.1, 0.15) is 0 Å². The Balaban J connectivity index is 0.